The lowest BCUT2D eigenvalue weighted by Gasteiger charge is -2.21. The van der Waals surface area contributed by atoms with Gasteiger partial charge in [0.05, 0.1) is 12.6 Å². The van der Waals surface area contributed by atoms with Crippen molar-refractivity contribution in [3.8, 4) is 0 Å². The smallest absolute Gasteiger partial charge is 0.223 e. The van der Waals surface area contributed by atoms with Crippen molar-refractivity contribution in [2.75, 3.05) is 6.61 Å². The summed E-state index contributed by atoms with van der Waals surface area (Å²) >= 11 is 5.81. The molecule has 0 heterocycles. The van der Waals surface area contributed by atoms with E-state index >= 15 is 0 Å². The fourth-order valence-corrected chi connectivity index (χ4v) is 1.66. The van der Waals surface area contributed by atoms with E-state index < -0.39 is 0 Å². The molecule has 0 aromatic heterocycles. The minimum Gasteiger partial charge on any atom is -0.394 e. The molecule has 0 saturated heterocycles. The molecule has 0 radical (unpaired) electrons. The fraction of sp³-hybridized carbons (Fsp3) is 0.500. The van der Waals surface area contributed by atoms with Gasteiger partial charge in [-0.1, -0.05) is 44.5 Å². The number of aliphatic hydroxyl groups excluding tert-OH is 1. The van der Waals surface area contributed by atoms with Crippen molar-refractivity contribution in [3.05, 3.63) is 34.9 Å². The normalized spacial score (nSPS) is 14.3. The SMILES string of the molecule is CC(C)C(C)C(=O)NC(CO)c1ccc(Cl)cc1. The Balaban J connectivity index is 2.73. The van der Waals surface area contributed by atoms with Gasteiger partial charge in [-0.25, -0.2) is 0 Å². The van der Waals surface area contributed by atoms with Crippen LogP contribution in [0.5, 0.6) is 0 Å². The van der Waals surface area contributed by atoms with Crippen LogP contribution in [0.4, 0.5) is 0 Å². The lowest BCUT2D eigenvalue weighted by atomic mass is 9.96. The molecule has 2 atom stereocenters. The van der Waals surface area contributed by atoms with Gasteiger partial charge in [-0.3, -0.25) is 4.79 Å². The maximum atomic E-state index is 11.9. The van der Waals surface area contributed by atoms with Gasteiger partial charge in [0.25, 0.3) is 0 Å². The summed E-state index contributed by atoms with van der Waals surface area (Å²) in [5.41, 5.74) is 0.853. The molecule has 2 N–H and O–H groups in total. The second-order valence-corrected chi connectivity index (χ2v) is 5.26. The van der Waals surface area contributed by atoms with Crippen LogP contribution in [0.25, 0.3) is 0 Å². The summed E-state index contributed by atoms with van der Waals surface area (Å²) in [5, 5.41) is 12.9. The third-order valence-corrected chi connectivity index (χ3v) is 3.44. The van der Waals surface area contributed by atoms with Gasteiger partial charge < -0.3 is 10.4 Å². The molecule has 3 nitrogen and oxygen atoms in total. The first-order valence-corrected chi connectivity index (χ1v) is 6.50. The number of aliphatic hydroxyl groups is 1. The summed E-state index contributed by atoms with van der Waals surface area (Å²) < 4.78 is 0. The minimum atomic E-state index is -0.379. The standard InChI is InChI=1S/C14H20ClNO2/c1-9(2)10(3)14(18)16-13(8-17)11-4-6-12(15)7-5-11/h4-7,9-10,13,17H,8H2,1-3H3,(H,16,18). The van der Waals surface area contributed by atoms with Crippen LogP contribution in [0.15, 0.2) is 24.3 Å². The van der Waals surface area contributed by atoms with Gasteiger partial charge in [0, 0.05) is 10.9 Å². The van der Waals surface area contributed by atoms with Crippen LogP contribution in [0.3, 0.4) is 0 Å². The molecule has 0 aliphatic carbocycles. The van der Waals surface area contributed by atoms with Crippen LogP contribution < -0.4 is 5.32 Å². The van der Waals surface area contributed by atoms with E-state index in [9.17, 15) is 9.90 Å². The zero-order valence-corrected chi connectivity index (χ0v) is 11.7. The van der Waals surface area contributed by atoms with Crippen molar-refractivity contribution in [1.29, 1.82) is 0 Å². The molecule has 0 fully saturated rings. The summed E-state index contributed by atoms with van der Waals surface area (Å²) in [4.78, 5) is 11.9. The van der Waals surface area contributed by atoms with Crippen molar-refractivity contribution in [3.63, 3.8) is 0 Å². The highest BCUT2D eigenvalue weighted by Crippen LogP contribution is 2.18. The van der Waals surface area contributed by atoms with Crippen LogP contribution >= 0.6 is 11.6 Å². The number of benzene rings is 1. The van der Waals surface area contributed by atoms with Gasteiger partial charge >= 0.3 is 0 Å². The van der Waals surface area contributed by atoms with Gasteiger partial charge in [-0.15, -0.1) is 0 Å². The number of hydrogen-bond acceptors (Lipinski definition) is 2. The Labute approximate surface area is 113 Å². The monoisotopic (exact) mass is 269 g/mol. The summed E-state index contributed by atoms with van der Waals surface area (Å²) in [5.74, 6) is 0.153. The van der Waals surface area contributed by atoms with E-state index in [1.807, 2.05) is 32.9 Å². The molecule has 18 heavy (non-hydrogen) atoms. The van der Waals surface area contributed by atoms with E-state index in [1.165, 1.54) is 0 Å². The molecule has 0 saturated carbocycles. The maximum Gasteiger partial charge on any atom is 0.223 e. The number of nitrogens with one attached hydrogen (secondary N) is 1. The van der Waals surface area contributed by atoms with E-state index in [-0.39, 0.29) is 30.4 Å². The zero-order valence-electron chi connectivity index (χ0n) is 11.0. The molecule has 2 unspecified atom stereocenters. The summed E-state index contributed by atoms with van der Waals surface area (Å²) in [7, 11) is 0. The maximum absolute atomic E-state index is 11.9. The lowest BCUT2D eigenvalue weighted by Crippen LogP contribution is -2.36. The number of hydrogen-bond donors (Lipinski definition) is 2. The highest BCUT2D eigenvalue weighted by atomic mass is 35.5. The van der Waals surface area contributed by atoms with E-state index in [2.05, 4.69) is 5.32 Å². The Morgan fingerprint density at radius 2 is 1.83 bits per heavy atom. The second kappa shape index (κ2) is 6.76. The predicted octanol–water partition coefficient (Wildman–Crippen LogP) is 2.78. The predicted molar refractivity (Wildman–Crippen MR) is 73.4 cm³/mol. The third kappa shape index (κ3) is 4.00. The van der Waals surface area contributed by atoms with Crippen LogP contribution in [-0.4, -0.2) is 17.6 Å². The Morgan fingerprint density at radius 3 is 2.28 bits per heavy atom. The Kier molecular flexibility index (Phi) is 5.63. The van der Waals surface area contributed by atoms with Gasteiger partial charge in [0.2, 0.25) is 5.91 Å². The van der Waals surface area contributed by atoms with E-state index in [4.69, 9.17) is 11.6 Å². The van der Waals surface area contributed by atoms with E-state index in [0.29, 0.717) is 5.02 Å². The Morgan fingerprint density at radius 1 is 1.28 bits per heavy atom. The largest absolute Gasteiger partial charge is 0.394 e. The number of rotatable bonds is 5. The number of amides is 1. The van der Waals surface area contributed by atoms with E-state index in [0.717, 1.165) is 5.56 Å². The molecule has 1 rings (SSSR count). The van der Waals surface area contributed by atoms with Gasteiger partial charge in [0.15, 0.2) is 0 Å². The van der Waals surface area contributed by atoms with E-state index in [1.54, 1.807) is 12.1 Å². The highest BCUT2D eigenvalue weighted by molar-refractivity contribution is 6.30. The molecule has 0 bridgehead atoms. The minimum absolute atomic E-state index is 0.0426. The lowest BCUT2D eigenvalue weighted by molar-refractivity contribution is -0.126. The molecule has 1 aromatic rings. The first kappa shape index (κ1) is 15.0. The van der Waals surface area contributed by atoms with Crippen LogP contribution in [0.1, 0.15) is 32.4 Å². The summed E-state index contributed by atoms with van der Waals surface area (Å²) in [6.45, 7) is 5.76. The topological polar surface area (TPSA) is 49.3 Å². The van der Waals surface area contributed by atoms with Crippen molar-refractivity contribution < 1.29 is 9.90 Å². The van der Waals surface area contributed by atoms with Crippen LogP contribution in [0.2, 0.25) is 5.02 Å². The van der Waals surface area contributed by atoms with Gasteiger partial charge in [-0.05, 0) is 23.6 Å². The average molecular weight is 270 g/mol. The van der Waals surface area contributed by atoms with Gasteiger partial charge in [-0.2, -0.15) is 0 Å². The first-order valence-electron chi connectivity index (χ1n) is 6.12. The number of carbonyl (C=O) groups excluding carboxylic acids is 1. The Bertz CT molecular complexity index is 389. The third-order valence-electron chi connectivity index (χ3n) is 3.19. The molecule has 0 spiro atoms. The van der Waals surface area contributed by atoms with Crippen molar-refractivity contribution >= 4 is 17.5 Å². The summed E-state index contributed by atoms with van der Waals surface area (Å²) in [6, 6.07) is 6.73. The number of carbonyl (C=O) groups is 1. The zero-order chi connectivity index (χ0) is 13.7. The first-order chi connectivity index (χ1) is 8.45. The fourth-order valence-electron chi connectivity index (χ4n) is 1.54. The molecular formula is C14H20ClNO2. The van der Waals surface area contributed by atoms with Crippen molar-refractivity contribution in [2.45, 2.75) is 26.8 Å². The van der Waals surface area contributed by atoms with Crippen molar-refractivity contribution in [1.82, 2.24) is 5.32 Å². The molecule has 0 aliphatic rings. The quantitative estimate of drug-likeness (QED) is 0.864. The second-order valence-electron chi connectivity index (χ2n) is 4.83. The molecule has 1 amide bonds. The van der Waals surface area contributed by atoms with Gasteiger partial charge in [0.1, 0.15) is 0 Å². The molecule has 100 valence electrons. The Hall–Kier alpha value is -1.06. The molecule has 1 aromatic carbocycles. The molecular weight excluding hydrogens is 250 g/mol. The van der Waals surface area contributed by atoms with Crippen LogP contribution in [0, 0.1) is 11.8 Å². The summed E-state index contributed by atoms with van der Waals surface area (Å²) in [6.07, 6.45) is 0. The molecule has 4 heteroatoms. The van der Waals surface area contributed by atoms with Crippen LogP contribution in [-0.2, 0) is 4.79 Å². The highest BCUT2D eigenvalue weighted by Gasteiger charge is 2.20. The molecule has 0 aliphatic heterocycles. The number of halogens is 1. The average Bonchev–Trinajstić information content (AvgIpc) is 2.35. The van der Waals surface area contributed by atoms with Crippen molar-refractivity contribution in [2.24, 2.45) is 11.8 Å².